The topological polar surface area (TPSA) is 45.9 Å². The van der Waals surface area contributed by atoms with E-state index < -0.39 is 0 Å². The number of benzene rings is 12. The Bertz CT molecular complexity index is 4620. The molecule has 0 N–H and O–H groups in total. The van der Waals surface area contributed by atoms with Gasteiger partial charge in [0.1, 0.15) is 22.3 Å². The van der Waals surface area contributed by atoms with Crippen LogP contribution in [0.2, 0.25) is 0 Å². The van der Waals surface area contributed by atoms with Crippen LogP contribution in [-0.4, -0.2) is 0 Å². The largest absolute Gasteiger partial charge is 0.455 e. The molecule has 15 rings (SSSR count). The molecule has 0 atom stereocenters. The van der Waals surface area contributed by atoms with Crippen LogP contribution >= 0.6 is 0 Å². The van der Waals surface area contributed by atoms with E-state index in [-0.39, 0.29) is 10.8 Å². The second kappa shape index (κ2) is 18.4. The van der Waals surface area contributed by atoms with E-state index in [2.05, 4.69) is 294 Å². The molecule has 0 fully saturated rings. The molecule has 0 saturated heterocycles. The SMILES string of the molecule is CC(C)(C)c1cccc2c1oc1c(N(c3ccc(-c4ccccc4)cc3)c3cc4c5cc(N(c6ccc(-c7ccccc7)cc6)c6cccc7c6oc6c(C(C)(C)C)cccc67)c6ccccc6c5oc4c4ccccc34)cccc12. The van der Waals surface area contributed by atoms with Gasteiger partial charge in [-0.2, -0.15) is 0 Å². The summed E-state index contributed by atoms with van der Waals surface area (Å²) >= 11 is 0. The fourth-order valence-electron chi connectivity index (χ4n) is 12.6. The molecule has 0 saturated carbocycles. The molecule has 0 aliphatic carbocycles. The van der Waals surface area contributed by atoms with Crippen LogP contribution < -0.4 is 9.80 Å². The third kappa shape index (κ3) is 7.82. The maximum absolute atomic E-state index is 7.34. The maximum Gasteiger partial charge on any atom is 0.159 e. The lowest BCUT2D eigenvalue weighted by Crippen LogP contribution is -2.11. The van der Waals surface area contributed by atoms with Crippen molar-refractivity contribution in [3.8, 4) is 22.3 Å². The van der Waals surface area contributed by atoms with E-state index in [1.165, 1.54) is 11.1 Å². The summed E-state index contributed by atoms with van der Waals surface area (Å²) in [5.41, 5.74) is 17.7. The van der Waals surface area contributed by atoms with Crippen molar-refractivity contribution in [1.29, 1.82) is 0 Å². The molecule has 0 unspecified atom stereocenters. The summed E-state index contributed by atoms with van der Waals surface area (Å²) in [5, 5.41) is 10.5. The van der Waals surface area contributed by atoms with Gasteiger partial charge in [-0.25, -0.2) is 0 Å². The third-order valence-corrected chi connectivity index (χ3v) is 16.5. The van der Waals surface area contributed by atoms with Crippen LogP contribution in [0.15, 0.2) is 256 Å². The van der Waals surface area contributed by atoms with Gasteiger partial charge in [0.15, 0.2) is 11.2 Å². The standard InChI is InChI=1S/C76H58N2O3/c1-75(2,3)63-33-17-29-57-59-31-19-35-65(73(59)80-71(57)63)77(51-41-37-49(38-42-51)47-21-9-7-10-22-47)67-45-61-62-46-68(54-26-14-16-28-56(54)70(62)79-69(61)55-27-15-13-25-53(55)67)78(52-43-39-50(40-44-52)48-23-11-8-12-24-48)66-36-20-32-60-58-30-18-34-64(76(4,5)6)72(58)81-74(60)66/h7-46H,1-6H3. The molecule has 3 aromatic heterocycles. The zero-order valence-corrected chi connectivity index (χ0v) is 46.2. The lowest BCUT2D eigenvalue weighted by atomic mass is 9.86. The minimum atomic E-state index is -0.136. The molecular formula is C76H58N2O3. The highest BCUT2D eigenvalue weighted by atomic mass is 16.3. The molecule has 12 aromatic carbocycles. The summed E-state index contributed by atoms with van der Waals surface area (Å²) in [5.74, 6) is 0. The fraction of sp³-hybridized carbons (Fsp3) is 0.105. The maximum atomic E-state index is 7.34. The van der Waals surface area contributed by atoms with Crippen LogP contribution in [0.5, 0.6) is 0 Å². The van der Waals surface area contributed by atoms with E-state index in [9.17, 15) is 0 Å². The molecule has 390 valence electrons. The van der Waals surface area contributed by atoms with E-state index in [0.29, 0.717) is 0 Å². The molecule has 0 radical (unpaired) electrons. The Morgan fingerprint density at radius 3 is 0.914 bits per heavy atom. The molecule has 0 amide bonds. The van der Waals surface area contributed by atoms with Gasteiger partial charge in [-0.1, -0.05) is 236 Å². The summed E-state index contributed by atoms with van der Waals surface area (Å²) in [6.45, 7) is 13.5. The number of para-hydroxylation sites is 4. The van der Waals surface area contributed by atoms with Gasteiger partial charge in [0, 0.05) is 76.4 Å². The smallest absolute Gasteiger partial charge is 0.159 e. The first-order valence-corrected chi connectivity index (χ1v) is 28.1. The number of nitrogens with zero attached hydrogens (tertiary/aromatic N) is 2. The number of fused-ring (bicyclic) bond motifs is 13. The summed E-state index contributed by atoms with van der Waals surface area (Å²) in [6, 6.07) is 87.4. The van der Waals surface area contributed by atoms with Crippen LogP contribution in [-0.2, 0) is 10.8 Å². The highest BCUT2D eigenvalue weighted by molar-refractivity contribution is 6.26. The summed E-state index contributed by atoms with van der Waals surface area (Å²) in [7, 11) is 0. The Balaban J connectivity index is 1.02. The van der Waals surface area contributed by atoms with Crippen molar-refractivity contribution in [1.82, 2.24) is 0 Å². The first-order chi connectivity index (χ1) is 39.5. The molecule has 15 aromatic rings. The van der Waals surface area contributed by atoms with Crippen molar-refractivity contribution in [3.05, 3.63) is 254 Å². The zero-order chi connectivity index (χ0) is 54.7. The molecule has 3 heterocycles. The molecule has 5 heteroatoms. The monoisotopic (exact) mass is 1050 g/mol. The lowest BCUT2D eigenvalue weighted by Gasteiger charge is -2.28. The van der Waals surface area contributed by atoms with E-state index in [1.54, 1.807) is 0 Å². The first kappa shape index (κ1) is 48.3. The molecule has 81 heavy (non-hydrogen) atoms. The second-order valence-electron chi connectivity index (χ2n) is 23.6. The van der Waals surface area contributed by atoms with Gasteiger partial charge in [-0.05, 0) is 81.6 Å². The zero-order valence-electron chi connectivity index (χ0n) is 46.2. The predicted octanol–water partition coefficient (Wildman–Crippen LogP) is 22.6. The normalized spacial score (nSPS) is 12.3. The first-order valence-electron chi connectivity index (χ1n) is 28.1. The van der Waals surface area contributed by atoms with Crippen molar-refractivity contribution in [2.45, 2.75) is 52.4 Å². The predicted molar refractivity (Wildman–Crippen MR) is 341 cm³/mol. The van der Waals surface area contributed by atoms with Gasteiger partial charge in [0.25, 0.3) is 0 Å². The van der Waals surface area contributed by atoms with Gasteiger partial charge >= 0.3 is 0 Å². The number of anilines is 6. The quantitative estimate of drug-likeness (QED) is 0.152. The molecule has 0 aliphatic rings. The van der Waals surface area contributed by atoms with Gasteiger partial charge in [-0.15, -0.1) is 0 Å². The Morgan fingerprint density at radius 2 is 0.531 bits per heavy atom. The van der Waals surface area contributed by atoms with Crippen molar-refractivity contribution < 1.29 is 13.3 Å². The summed E-state index contributed by atoms with van der Waals surface area (Å²) in [4.78, 5) is 4.79. The second-order valence-corrected chi connectivity index (χ2v) is 23.6. The van der Waals surface area contributed by atoms with E-state index in [4.69, 9.17) is 13.3 Å². The van der Waals surface area contributed by atoms with Crippen molar-refractivity contribution >= 4 is 121 Å². The third-order valence-electron chi connectivity index (χ3n) is 16.5. The molecule has 0 aliphatic heterocycles. The Kier molecular flexibility index (Phi) is 11.0. The average molecular weight is 1050 g/mol. The Labute approximate surface area is 470 Å². The van der Waals surface area contributed by atoms with Crippen LogP contribution in [0.1, 0.15) is 52.7 Å². The van der Waals surface area contributed by atoms with Crippen LogP contribution in [0.25, 0.3) is 110 Å². The molecule has 0 spiro atoms. The number of hydrogen-bond donors (Lipinski definition) is 0. The average Bonchev–Trinajstić information content (AvgIpc) is 4.28. The Morgan fingerprint density at radius 1 is 0.235 bits per heavy atom. The molecule has 5 nitrogen and oxygen atoms in total. The van der Waals surface area contributed by atoms with Crippen LogP contribution in [0, 0.1) is 0 Å². The fourth-order valence-corrected chi connectivity index (χ4v) is 12.6. The minimum Gasteiger partial charge on any atom is -0.455 e. The van der Waals surface area contributed by atoms with Crippen molar-refractivity contribution in [2.24, 2.45) is 0 Å². The lowest BCUT2D eigenvalue weighted by molar-refractivity contribution is 0.572. The molecule has 0 bridgehead atoms. The van der Waals surface area contributed by atoms with Crippen molar-refractivity contribution in [3.63, 3.8) is 0 Å². The minimum absolute atomic E-state index is 0.136. The highest BCUT2D eigenvalue weighted by Gasteiger charge is 2.29. The van der Waals surface area contributed by atoms with Crippen molar-refractivity contribution in [2.75, 3.05) is 9.80 Å². The van der Waals surface area contributed by atoms with Crippen LogP contribution in [0.3, 0.4) is 0 Å². The van der Waals surface area contributed by atoms with Gasteiger partial charge < -0.3 is 23.1 Å². The van der Waals surface area contributed by atoms with Crippen LogP contribution in [0.4, 0.5) is 34.1 Å². The van der Waals surface area contributed by atoms with Gasteiger partial charge in [0.05, 0.1) is 22.7 Å². The number of furan rings is 3. The van der Waals surface area contributed by atoms with E-state index in [0.717, 1.165) is 144 Å². The summed E-state index contributed by atoms with van der Waals surface area (Å²) in [6.07, 6.45) is 0. The van der Waals surface area contributed by atoms with E-state index >= 15 is 0 Å². The molecular weight excluding hydrogens is 989 g/mol. The highest BCUT2D eigenvalue weighted by Crippen LogP contribution is 2.52. The van der Waals surface area contributed by atoms with Gasteiger partial charge in [-0.3, -0.25) is 0 Å². The van der Waals surface area contributed by atoms with E-state index in [1.807, 2.05) is 0 Å². The summed E-state index contributed by atoms with van der Waals surface area (Å²) < 4.78 is 21.8. The van der Waals surface area contributed by atoms with Gasteiger partial charge in [0.2, 0.25) is 0 Å². The number of rotatable bonds is 8. The number of hydrogen-bond acceptors (Lipinski definition) is 5. The Hall–Kier alpha value is -9.84.